The first kappa shape index (κ1) is 33.5. The van der Waals surface area contributed by atoms with E-state index in [2.05, 4.69) is 24.5 Å². The number of phosphoric ester groups is 1. The number of nitrogens with zero attached hydrogens (tertiary/aromatic N) is 2. The number of aliphatic hydroxyl groups is 1. The van der Waals surface area contributed by atoms with Gasteiger partial charge in [-0.05, 0) is 24.5 Å². The van der Waals surface area contributed by atoms with Crippen LogP contribution in [0.2, 0.25) is 0 Å². The van der Waals surface area contributed by atoms with Crippen LogP contribution in [0.4, 0.5) is 10.6 Å². The van der Waals surface area contributed by atoms with Crippen LogP contribution in [0.15, 0.2) is 47.4 Å². The van der Waals surface area contributed by atoms with Gasteiger partial charge in [0, 0.05) is 25.6 Å². The van der Waals surface area contributed by atoms with Gasteiger partial charge in [-0.3, -0.25) is 13.9 Å². The first-order valence-corrected chi connectivity index (χ1v) is 15.8. The molecule has 1 aliphatic heterocycles. The smallest absolute Gasteiger partial charge is 0.445 e. The number of alkyl carbamates (subject to hydrolysis) is 1. The standard InChI is InChI=1S/C23H32N4O13P2/c28-17-13-21(39-18(17)15-38-42(35,36)40-41(32,33)34)27-12-10-19(26-22(27)30)25-20(29)9-5-2-6-11-24-23(31)37-14-16-7-3-1-4-8-16/h1,3-4,7-8,10,12,17-18,21,28H,2,5-6,9,11,13-15H2,(H,24,31)(H,35,36)(H2,32,33,34)(H,25,26,29,30)/t17-,18+,21+/m0/s1. The predicted octanol–water partition coefficient (Wildman–Crippen LogP) is 1.54. The quantitative estimate of drug-likeness (QED) is 0.120. The number of benzene rings is 1. The van der Waals surface area contributed by atoms with E-state index in [1.807, 2.05) is 30.3 Å². The molecule has 6 N–H and O–H groups in total. The van der Waals surface area contributed by atoms with Crippen molar-refractivity contribution < 1.29 is 56.8 Å². The largest absolute Gasteiger partial charge is 0.481 e. The lowest BCUT2D eigenvalue weighted by Gasteiger charge is -2.18. The Balaban J connectivity index is 1.35. The summed E-state index contributed by atoms with van der Waals surface area (Å²) in [7, 11) is -10.5. The van der Waals surface area contributed by atoms with E-state index in [-0.39, 0.29) is 31.2 Å². The van der Waals surface area contributed by atoms with Crippen molar-refractivity contribution >= 4 is 33.5 Å². The molecule has 0 radical (unpaired) electrons. The monoisotopic (exact) mass is 634 g/mol. The molecular formula is C23H32N4O13P2. The summed E-state index contributed by atoms with van der Waals surface area (Å²) in [5.41, 5.74) is 0.0675. The number of rotatable bonds is 15. The van der Waals surface area contributed by atoms with Crippen molar-refractivity contribution in [2.24, 2.45) is 0 Å². The number of carbonyl (C=O) groups is 2. The topological polar surface area (TPSA) is 245 Å². The zero-order valence-electron chi connectivity index (χ0n) is 22.2. The first-order valence-electron chi connectivity index (χ1n) is 12.7. The highest BCUT2D eigenvalue weighted by Crippen LogP contribution is 2.57. The third kappa shape index (κ3) is 11.7. The Hall–Kier alpha value is -2.98. The lowest BCUT2D eigenvalue weighted by atomic mass is 10.2. The van der Waals surface area contributed by atoms with Crippen LogP contribution in [0.25, 0.3) is 0 Å². The Kier molecular flexibility index (Phi) is 12.4. The van der Waals surface area contributed by atoms with E-state index in [9.17, 15) is 33.5 Å². The van der Waals surface area contributed by atoms with Crippen molar-refractivity contribution in [3.8, 4) is 0 Å². The molecule has 1 aromatic heterocycles. The van der Waals surface area contributed by atoms with Gasteiger partial charge < -0.3 is 39.9 Å². The van der Waals surface area contributed by atoms with Crippen LogP contribution in [0.5, 0.6) is 0 Å². The number of aromatic nitrogens is 2. The van der Waals surface area contributed by atoms with Crippen molar-refractivity contribution in [2.75, 3.05) is 18.5 Å². The van der Waals surface area contributed by atoms with Gasteiger partial charge in [-0.2, -0.15) is 9.29 Å². The number of aliphatic hydroxyl groups excluding tert-OH is 1. The van der Waals surface area contributed by atoms with Crippen molar-refractivity contribution in [1.29, 1.82) is 0 Å². The number of ether oxygens (including phenoxy) is 2. The van der Waals surface area contributed by atoms with E-state index in [1.54, 1.807) is 0 Å². The van der Waals surface area contributed by atoms with Gasteiger partial charge in [-0.1, -0.05) is 36.8 Å². The highest BCUT2D eigenvalue weighted by molar-refractivity contribution is 7.60. The molecule has 1 fully saturated rings. The normalized spacial score (nSPS) is 20.0. The fourth-order valence-corrected chi connectivity index (χ4v) is 5.42. The maximum Gasteiger partial charge on any atom is 0.481 e. The highest BCUT2D eigenvalue weighted by atomic mass is 31.3. The van der Waals surface area contributed by atoms with Crippen molar-refractivity contribution in [3.63, 3.8) is 0 Å². The molecule has 3 rings (SSSR count). The summed E-state index contributed by atoms with van der Waals surface area (Å²) in [4.78, 5) is 66.8. The molecule has 1 aromatic carbocycles. The third-order valence-corrected chi connectivity index (χ3v) is 7.94. The summed E-state index contributed by atoms with van der Waals surface area (Å²) in [6.45, 7) is -0.207. The zero-order valence-corrected chi connectivity index (χ0v) is 24.0. The summed E-state index contributed by atoms with van der Waals surface area (Å²) in [6.07, 6.45) is -0.921. The fraction of sp³-hybridized carbons (Fsp3) is 0.478. The molecule has 2 aromatic rings. The van der Waals surface area contributed by atoms with Gasteiger partial charge in [0.05, 0.1) is 12.7 Å². The van der Waals surface area contributed by atoms with Crippen molar-refractivity contribution in [2.45, 2.75) is 57.1 Å². The Labute approximate surface area is 239 Å². The lowest BCUT2D eigenvalue weighted by molar-refractivity contribution is -0.116. The third-order valence-electron chi connectivity index (χ3n) is 5.79. The van der Waals surface area contributed by atoms with Gasteiger partial charge in [-0.15, -0.1) is 0 Å². The van der Waals surface area contributed by atoms with Crippen LogP contribution in [0.1, 0.15) is 43.9 Å². The number of carbonyl (C=O) groups excluding carboxylic acids is 2. The molecule has 1 aliphatic rings. The van der Waals surface area contributed by atoms with Crippen LogP contribution in [-0.4, -0.2) is 66.7 Å². The second-order valence-electron chi connectivity index (χ2n) is 9.12. The Morgan fingerprint density at radius 2 is 1.83 bits per heavy atom. The van der Waals surface area contributed by atoms with Crippen LogP contribution in [0.3, 0.4) is 0 Å². The van der Waals surface area contributed by atoms with Gasteiger partial charge in [0.25, 0.3) is 0 Å². The molecule has 1 unspecified atom stereocenters. The molecule has 42 heavy (non-hydrogen) atoms. The molecule has 0 spiro atoms. The summed E-state index contributed by atoms with van der Waals surface area (Å²) >= 11 is 0. The van der Waals surface area contributed by atoms with Gasteiger partial charge in [0.1, 0.15) is 24.8 Å². The average Bonchev–Trinajstić information content (AvgIpc) is 3.27. The molecule has 0 aliphatic carbocycles. The van der Waals surface area contributed by atoms with Crippen molar-refractivity contribution in [3.05, 3.63) is 58.6 Å². The number of nitrogens with one attached hydrogen (secondary N) is 2. The summed E-state index contributed by atoms with van der Waals surface area (Å²) in [5, 5.41) is 15.3. The van der Waals surface area contributed by atoms with Crippen molar-refractivity contribution in [1.82, 2.24) is 14.9 Å². The molecule has 4 atom stereocenters. The summed E-state index contributed by atoms with van der Waals surface area (Å²) in [6, 6.07) is 10.6. The van der Waals surface area contributed by atoms with E-state index in [0.29, 0.717) is 25.8 Å². The second-order valence-corrected chi connectivity index (χ2v) is 11.9. The molecule has 0 bridgehead atoms. The molecule has 1 saturated heterocycles. The van der Waals surface area contributed by atoms with Crippen LogP contribution < -0.4 is 16.3 Å². The van der Waals surface area contributed by atoms with E-state index in [4.69, 9.17) is 19.3 Å². The molecule has 19 heteroatoms. The van der Waals surface area contributed by atoms with Crippen LogP contribution in [0, 0.1) is 0 Å². The van der Waals surface area contributed by atoms with E-state index in [1.165, 1.54) is 12.3 Å². The predicted molar refractivity (Wildman–Crippen MR) is 144 cm³/mol. The SMILES string of the molecule is O=C(CCCCCNC(=O)OCc1ccccc1)Nc1ccn([C@H]2C[C@H](O)[C@@H](COP(=O)(O)OP(=O)(O)O)O2)c(=O)n1. The lowest BCUT2D eigenvalue weighted by Crippen LogP contribution is -2.29. The molecule has 2 amide bonds. The average molecular weight is 634 g/mol. The minimum Gasteiger partial charge on any atom is -0.445 e. The fourth-order valence-electron chi connectivity index (χ4n) is 3.82. The van der Waals surface area contributed by atoms with Crippen LogP contribution in [-0.2, 0) is 38.8 Å². The number of unbranched alkanes of at least 4 members (excludes halogenated alkanes) is 2. The number of hydrogen-bond acceptors (Lipinski definition) is 11. The Morgan fingerprint density at radius 3 is 2.52 bits per heavy atom. The van der Waals surface area contributed by atoms with Crippen LogP contribution >= 0.6 is 15.6 Å². The van der Waals surface area contributed by atoms with Gasteiger partial charge >= 0.3 is 27.4 Å². The molecule has 232 valence electrons. The molecule has 17 nitrogen and oxygen atoms in total. The number of phosphoric acid groups is 2. The number of anilines is 1. The summed E-state index contributed by atoms with van der Waals surface area (Å²) in [5.74, 6) is -0.371. The molecule has 0 saturated carbocycles. The maximum absolute atomic E-state index is 12.5. The molecule has 2 heterocycles. The number of amides is 2. The second kappa shape index (κ2) is 15.5. The Morgan fingerprint density at radius 1 is 1.10 bits per heavy atom. The minimum atomic E-state index is -5.31. The Bertz CT molecular complexity index is 1350. The number of hydrogen-bond donors (Lipinski definition) is 6. The first-order chi connectivity index (χ1) is 19.8. The van der Waals surface area contributed by atoms with Gasteiger partial charge in [-0.25, -0.2) is 18.7 Å². The summed E-state index contributed by atoms with van der Waals surface area (Å²) < 4.78 is 42.1. The van der Waals surface area contributed by atoms with E-state index < -0.39 is 52.5 Å². The molecular weight excluding hydrogens is 602 g/mol. The zero-order chi connectivity index (χ0) is 30.8. The highest BCUT2D eigenvalue weighted by Gasteiger charge is 2.39. The van der Waals surface area contributed by atoms with E-state index >= 15 is 0 Å². The maximum atomic E-state index is 12.5. The van der Waals surface area contributed by atoms with Gasteiger partial charge in [0.15, 0.2) is 0 Å². The minimum absolute atomic E-state index is 0.00156. The van der Waals surface area contributed by atoms with E-state index in [0.717, 1.165) is 10.1 Å². The van der Waals surface area contributed by atoms with Gasteiger partial charge in [0.2, 0.25) is 5.91 Å².